The Kier molecular flexibility index (Phi) is 11.7. The molecule has 4 rings (SSSR count). The summed E-state index contributed by atoms with van der Waals surface area (Å²) in [5.74, 6) is -0.504. The van der Waals surface area contributed by atoms with Crippen molar-refractivity contribution in [1.82, 2.24) is 10.2 Å². The molecule has 236 valence electrons. The largest absolute Gasteiger partial charge is 0.352 e. The first-order chi connectivity index (χ1) is 20.9. The van der Waals surface area contributed by atoms with Gasteiger partial charge < -0.3 is 10.2 Å². The highest BCUT2D eigenvalue weighted by Gasteiger charge is 2.34. The van der Waals surface area contributed by atoms with E-state index in [1.165, 1.54) is 4.90 Å². The molecule has 1 atom stereocenters. The zero-order valence-electron chi connectivity index (χ0n) is 25.5. The first-order valence-corrected chi connectivity index (χ1v) is 17.7. The van der Waals surface area contributed by atoms with Crippen molar-refractivity contribution in [1.29, 1.82) is 0 Å². The predicted octanol–water partition coefficient (Wildman–Crippen LogP) is 6.97. The van der Waals surface area contributed by atoms with Crippen molar-refractivity contribution in [3.63, 3.8) is 0 Å². The third-order valence-electron chi connectivity index (χ3n) is 8.09. The summed E-state index contributed by atoms with van der Waals surface area (Å²) < 4.78 is 27.2. The van der Waals surface area contributed by atoms with Crippen molar-refractivity contribution in [2.75, 3.05) is 17.1 Å². The van der Waals surface area contributed by atoms with E-state index in [1.807, 2.05) is 42.5 Å². The zero-order valence-corrected chi connectivity index (χ0v) is 27.8. The number of hydrogen-bond acceptors (Lipinski definition) is 4. The molecule has 0 aliphatic heterocycles. The van der Waals surface area contributed by atoms with Gasteiger partial charge in [-0.2, -0.15) is 0 Å². The standard InChI is InChI=1S/C34H41Cl2N3O4S/c1-24(2)27-15-17-29(18-16-27)39(44(3,42)43)23-33(40)38(22-26-14-19-30(35)31(36)20-26)32(21-25-10-6-4-7-11-25)34(41)37-28-12-8-5-9-13-28/h4,6-7,10-11,14-20,24,28,32H,5,8-9,12-13,21-23H2,1-3H3,(H,37,41). The number of nitrogens with zero attached hydrogens (tertiary/aromatic N) is 2. The van der Waals surface area contributed by atoms with Crippen molar-refractivity contribution < 1.29 is 18.0 Å². The second-order valence-corrected chi connectivity index (χ2v) is 14.6. The average Bonchev–Trinajstić information content (AvgIpc) is 2.99. The number of carbonyl (C=O) groups excluding carboxylic acids is 2. The van der Waals surface area contributed by atoms with Gasteiger partial charge in [0.1, 0.15) is 12.6 Å². The van der Waals surface area contributed by atoms with Gasteiger partial charge in [-0.3, -0.25) is 13.9 Å². The van der Waals surface area contributed by atoms with Gasteiger partial charge in [0.15, 0.2) is 0 Å². The molecule has 0 bridgehead atoms. The Balaban J connectivity index is 1.73. The van der Waals surface area contributed by atoms with Gasteiger partial charge >= 0.3 is 0 Å². The van der Waals surface area contributed by atoms with Gasteiger partial charge in [0.2, 0.25) is 21.8 Å². The molecule has 3 aromatic rings. The molecule has 1 N–H and O–H groups in total. The molecule has 7 nitrogen and oxygen atoms in total. The Morgan fingerprint density at radius 2 is 1.55 bits per heavy atom. The van der Waals surface area contributed by atoms with Gasteiger partial charge in [-0.1, -0.05) is 105 Å². The van der Waals surface area contributed by atoms with Crippen LogP contribution in [-0.4, -0.2) is 50.0 Å². The molecule has 0 heterocycles. The molecule has 1 aliphatic rings. The van der Waals surface area contributed by atoms with Gasteiger partial charge in [-0.05, 0) is 59.7 Å². The summed E-state index contributed by atoms with van der Waals surface area (Å²) in [6, 6.07) is 20.9. The minimum atomic E-state index is -3.85. The number of sulfonamides is 1. The van der Waals surface area contributed by atoms with Gasteiger partial charge in [-0.25, -0.2) is 8.42 Å². The minimum absolute atomic E-state index is 0.0310. The third-order valence-corrected chi connectivity index (χ3v) is 9.97. The van der Waals surface area contributed by atoms with Crippen LogP contribution in [0.25, 0.3) is 0 Å². The number of halogens is 2. The van der Waals surface area contributed by atoms with E-state index in [9.17, 15) is 18.0 Å². The summed E-state index contributed by atoms with van der Waals surface area (Å²) >= 11 is 12.5. The number of benzene rings is 3. The second kappa shape index (κ2) is 15.3. The molecule has 10 heteroatoms. The second-order valence-electron chi connectivity index (χ2n) is 11.8. The molecular formula is C34H41Cl2N3O4S. The van der Waals surface area contributed by atoms with E-state index in [2.05, 4.69) is 19.2 Å². The average molecular weight is 659 g/mol. The van der Waals surface area contributed by atoms with Gasteiger partial charge in [-0.15, -0.1) is 0 Å². The van der Waals surface area contributed by atoms with Gasteiger partial charge in [0, 0.05) is 19.0 Å². The van der Waals surface area contributed by atoms with Crippen molar-refractivity contribution in [3.05, 3.63) is 99.5 Å². The molecule has 44 heavy (non-hydrogen) atoms. The SMILES string of the molecule is CC(C)c1ccc(N(CC(=O)N(Cc2ccc(Cl)c(Cl)c2)C(Cc2ccccc2)C(=O)NC2CCCCC2)S(C)(=O)=O)cc1. The Hall–Kier alpha value is -3.07. The van der Waals surface area contributed by atoms with Gasteiger partial charge in [0.25, 0.3) is 0 Å². The highest BCUT2D eigenvalue weighted by Crippen LogP contribution is 2.26. The van der Waals surface area contributed by atoms with Crippen molar-refractivity contribution in [2.24, 2.45) is 0 Å². The number of nitrogens with one attached hydrogen (secondary N) is 1. The van der Waals surface area contributed by atoms with Crippen LogP contribution in [0.3, 0.4) is 0 Å². The summed E-state index contributed by atoms with van der Waals surface area (Å²) in [6.07, 6.45) is 6.34. The minimum Gasteiger partial charge on any atom is -0.352 e. The van der Waals surface area contributed by atoms with Crippen LogP contribution < -0.4 is 9.62 Å². The lowest BCUT2D eigenvalue weighted by Gasteiger charge is -2.35. The fourth-order valence-electron chi connectivity index (χ4n) is 5.57. The van der Waals surface area contributed by atoms with E-state index in [1.54, 1.807) is 30.3 Å². The molecule has 0 radical (unpaired) electrons. The molecule has 1 saturated carbocycles. The fraction of sp³-hybridized carbons (Fsp3) is 0.412. The van der Waals surface area contributed by atoms with E-state index in [0.29, 0.717) is 21.3 Å². The number of rotatable bonds is 12. The van der Waals surface area contributed by atoms with Crippen LogP contribution in [0.15, 0.2) is 72.8 Å². The maximum absolute atomic E-state index is 14.3. The molecule has 0 saturated heterocycles. The molecule has 1 unspecified atom stereocenters. The summed E-state index contributed by atoms with van der Waals surface area (Å²) in [7, 11) is -3.85. The van der Waals surface area contributed by atoms with E-state index >= 15 is 0 Å². The maximum Gasteiger partial charge on any atom is 0.244 e. The van der Waals surface area contributed by atoms with E-state index < -0.39 is 28.5 Å². The lowest BCUT2D eigenvalue weighted by atomic mass is 9.94. The molecular weight excluding hydrogens is 617 g/mol. The van der Waals surface area contributed by atoms with E-state index in [-0.39, 0.29) is 30.8 Å². The Morgan fingerprint density at radius 1 is 0.886 bits per heavy atom. The smallest absolute Gasteiger partial charge is 0.244 e. The van der Waals surface area contributed by atoms with Crippen LogP contribution in [-0.2, 0) is 32.6 Å². The molecule has 0 spiro atoms. The maximum atomic E-state index is 14.3. The highest BCUT2D eigenvalue weighted by molar-refractivity contribution is 7.92. The highest BCUT2D eigenvalue weighted by atomic mass is 35.5. The number of amides is 2. The third kappa shape index (κ3) is 9.22. The molecule has 0 aromatic heterocycles. The van der Waals surface area contributed by atoms with Crippen LogP contribution in [0, 0.1) is 0 Å². The molecule has 2 amide bonds. The van der Waals surface area contributed by atoms with Crippen molar-refractivity contribution in [2.45, 2.75) is 76.9 Å². The fourth-order valence-corrected chi connectivity index (χ4v) is 6.74. The van der Waals surface area contributed by atoms with Crippen LogP contribution in [0.1, 0.15) is 68.6 Å². The van der Waals surface area contributed by atoms with Crippen LogP contribution in [0.4, 0.5) is 5.69 Å². The summed E-state index contributed by atoms with van der Waals surface area (Å²) in [5, 5.41) is 3.90. The van der Waals surface area contributed by atoms with Crippen molar-refractivity contribution in [3.8, 4) is 0 Å². The summed E-state index contributed by atoms with van der Waals surface area (Å²) in [4.78, 5) is 29.8. The quantitative estimate of drug-likeness (QED) is 0.228. The first-order valence-electron chi connectivity index (χ1n) is 15.1. The van der Waals surface area contributed by atoms with E-state index in [0.717, 1.165) is 53.8 Å². The lowest BCUT2D eigenvalue weighted by Crippen LogP contribution is -2.55. The topological polar surface area (TPSA) is 86.8 Å². The van der Waals surface area contributed by atoms with Crippen LogP contribution >= 0.6 is 23.2 Å². The number of carbonyl (C=O) groups is 2. The molecule has 1 fully saturated rings. The van der Waals surface area contributed by atoms with E-state index in [4.69, 9.17) is 23.2 Å². The first kappa shape index (κ1) is 33.8. The number of anilines is 1. The summed E-state index contributed by atoms with van der Waals surface area (Å²) in [5.41, 5.74) is 2.99. The van der Waals surface area contributed by atoms with Crippen LogP contribution in [0.2, 0.25) is 10.0 Å². The monoisotopic (exact) mass is 657 g/mol. The van der Waals surface area contributed by atoms with Crippen LogP contribution in [0.5, 0.6) is 0 Å². The Labute approximate surface area is 271 Å². The molecule has 1 aliphatic carbocycles. The zero-order chi connectivity index (χ0) is 31.9. The summed E-state index contributed by atoms with van der Waals surface area (Å²) in [6.45, 7) is 3.68. The lowest BCUT2D eigenvalue weighted by molar-refractivity contribution is -0.140. The normalized spacial score (nSPS) is 14.7. The van der Waals surface area contributed by atoms with Crippen molar-refractivity contribution >= 4 is 50.7 Å². The Bertz CT molecular complexity index is 1530. The number of hydrogen-bond donors (Lipinski definition) is 1. The Morgan fingerprint density at radius 3 is 2.14 bits per heavy atom. The van der Waals surface area contributed by atoms with Gasteiger partial charge in [0.05, 0.1) is 22.0 Å². The molecule has 3 aromatic carbocycles. The predicted molar refractivity (Wildman–Crippen MR) is 179 cm³/mol.